The third-order valence-corrected chi connectivity index (χ3v) is 13.7. The molecule has 0 radical (unpaired) electrons. The van der Waals surface area contributed by atoms with Gasteiger partial charge in [-0.2, -0.15) is 0 Å². The molecule has 8 heteroatoms. The van der Waals surface area contributed by atoms with Gasteiger partial charge in [0.25, 0.3) is 0 Å². The lowest BCUT2D eigenvalue weighted by Crippen LogP contribution is -2.23. The van der Waals surface area contributed by atoms with E-state index in [2.05, 4.69) is 99.0 Å². The molecule has 76 heavy (non-hydrogen) atoms. The number of ether oxygens (including phenoxy) is 6. The van der Waals surface area contributed by atoms with E-state index in [1.165, 1.54) is 193 Å². The summed E-state index contributed by atoms with van der Waals surface area (Å²) in [5.74, 6) is -0.135. The van der Waals surface area contributed by atoms with E-state index in [0.717, 1.165) is 97.0 Å². The van der Waals surface area contributed by atoms with E-state index >= 15 is 0 Å². The van der Waals surface area contributed by atoms with E-state index in [0.29, 0.717) is 40.0 Å². The number of allylic oxidation sites excluding steroid dienone is 12. The SMILES string of the molecule is CCCCC/C=C\C/C=C\CCCCCCCCOCNCCCC(=O)OC(CCCOCOCCCCCCCC/C=C\C/C=C\CCCCC)CCCOCOCCCCCCCC/C=C\C/C=C\CCCCC. The Morgan fingerprint density at radius 1 is 0.342 bits per heavy atom. The second-order valence-corrected chi connectivity index (χ2v) is 21.2. The fourth-order valence-electron chi connectivity index (χ4n) is 8.84. The maximum Gasteiger partial charge on any atom is 0.306 e. The number of carbonyl (C=O) groups is 1. The number of esters is 1. The highest BCUT2D eigenvalue weighted by atomic mass is 16.7. The van der Waals surface area contributed by atoms with Crippen LogP contribution in [0.1, 0.15) is 290 Å². The Bertz CT molecular complexity index is 1230. The molecule has 0 amide bonds. The molecule has 0 aromatic heterocycles. The molecule has 0 fully saturated rings. The lowest BCUT2D eigenvalue weighted by molar-refractivity contribution is -0.150. The van der Waals surface area contributed by atoms with Gasteiger partial charge in [-0.3, -0.25) is 10.1 Å². The van der Waals surface area contributed by atoms with Crippen LogP contribution in [0.15, 0.2) is 72.9 Å². The van der Waals surface area contributed by atoms with Gasteiger partial charge in [0.05, 0.1) is 6.73 Å². The van der Waals surface area contributed by atoms with Gasteiger partial charge in [-0.15, -0.1) is 0 Å². The van der Waals surface area contributed by atoms with Crippen LogP contribution < -0.4 is 5.32 Å². The second-order valence-electron chi connectivity index (χ2n) is 21.2. The molecule has 444 valence electrons. The third-order valence-electron chi connectivity index (χ3n) is 13.7. The fourth-order valence-corrected chi connectivity index (χ4v) is 8.84. The lowest BCUT2D eigenvalue weighted by atomic mass is 10.1. The zero-order valence-corrected chi connectivity index (χ0v) is 50.4. The van der Waals surface area contributed by atoms with Crippen molar-refractivity contribution in [1.82, 2.24) is 5.32 Å². The van der Waals surface area contributed by atoms with Crippen molar-refractivity contribution in [1.29, 1.82) is 0 Å². The van der Waals surface area contributed by atoms with Crippen LogP contribution in [0.5, 0.6) is 0 Å². The van der Waals surface area contributed by atoms with Crippen molar-refractivity contribution >= 4 is 5.97 Å². The summed E-state index contributed by atoms with van der Waals surface area (Å²) in [6.45, 7) is 12.1. The van der Waals surface area contributed by atoms with E-state index < -0.39 is 0 Å². The molecule has 0 saturated carbocycles. The van der Waals surface area contributed by atoms with Crippen LogP contribution in [-0.2, 0) is 33.2 Å². The van der Waals surface area contributed by atoms with Crippen LogP contribution in [0.2, 0.25) is 0 Å². The van der Waals surface area contributed by atoms with Gasteiger partial charge < -0.3 is 28.4 Å². The van der Waals surface area contributed by atoms with Gasteiger partial charge >= 0.3 is 5.97 Å². The first-order valence-corrected chi connectivity index (χ1v) is 32.4. The summed E-state index contributed by atoms with van der Waals surface area (Å²) >= 11 is 0. The molecule has 0 aromatic rings. The topological polar surface area (TPSA) is 84.5 Å². The summed E-state index contributed by atoms with van der Waals surface area (Å²) < 4.78 is 35.0. The van der Waals surface area contributed by atoms with Gasteiger partial charge in [-0.1, -0.05) is 209 Å². The number of carbonyl (C=O) groups excluding carboxylic acids is 1. The molecule has 0 spiro atoms. The maximum atomic E-state index is 12.9. The highest BCUT2D eigenvalue weighted by Crippen LogP contribution is 2.14. The van der Waals surface area contributed by atoms with Crippen molar-refractivity contribution in [3.63, 3.8) is 0 Å². The highest BCUT2D eigenvalue weighted by molar-refractivity contribution is 5.69. The van der Waals surface area contributed by atoms with Gasteiger partial charge in [0.1, 0.15) is 19.7 Å². The monoisotopic (exact) mass is 1070 g/mol. The van der Waals surface area contributed by atoms with E-state index in [1.54, 1.807) is 0 Å². The van der Waals surface area contributed by atoms with Crippen LogP contribution in [0, 0.1) is 0 Å². The Morgan fingerprint density at radius 3 is 1.00 bits per heavy atom. The summed E-state index contributed by atoms with van der Waals surface area (Å²) in [5.41, 5.74) is 0. The zero-order chi connectivity index (χ0) is 54.7. The number of hydrogen-bond donors (Lipinski definition) is 1. The smallest absolute Gasteiger partial charge is 0.306 e. The fraction of sp³-hybridized carbons (Fsp3) is 0.809. The summed E-state index contributed by atoms with van der Waals surface area (Å²) in [6, 6.07) is 0. The average Bonchev–Trinajstić information content (AvgIpc) is 3.42. The zero-order valence-electron chi connectivity index (χ0n) is 50.4. The molecule has 0 bridgehead atoms. The number of unbranched alkanes of at least 4 members (excludes halogenated alkanes) is 27. The number of nitrogens with one attached hydrogen (secondary N) is 1. The van der Waals surface area contributed by atoms with Crippen molar-refractivity contribution in [3.8, 4) is 0 Å². The standard InChI is InChI=1S/C68H125NO7/c1-4-7-10-13-16-19-22-25-28-31-34-37-40-43-46-49-59-71-64-69-58-52-57-68(70)76-67(55-53-62-74-65-72-60-50-47-44-41-38-35-32-29-26-23-20-17-14-11-8-5-2)56-54-63-75-66-73-61-51-48-45-42-39-36-33-30-27-24-21-18-15-12-9-6-3/h16-21,25-30,67,69H,4-15,22-24,31-66H2,1-3H3/b19-16-,20-17-,21-18-,28-25-,29-26-,30-27-. The minimum Gasteiger partial charge on any atom is -0.462 e. The highest BCUT2D eigenvalue weighted by Gasteiger charge is 2.14. The largest absolute Gasteiger partial charge is 0.462 e. The maximum absolute atomic E-state index is 12.9. The summed E-state index contributed by atoms with van der Waals surface area (Å²) in [5, 5.41) is 3.33. The molecule has 0 heterocycles. The molecule has 0 unspecified atom stereocenters. The van der Waals surface area contributed by atoms with Gasteiger partial charge in [-0.25, -0.2) is 0 Å². The lowest BCUT2D eigenvalue weighted by Gasteiger charge is -2.18. The van der Waals surface area contributed by atoms with Crippen molar-refractivity contribution in [3.05, 3.63) is 72.9 Å². The molecule has 0 atom stereocenters. The van der Waals surface area contributed by atoms with E-state index in [9.17, 15) is 4.79 Å². The van der Waals surface area contributed by atoms with Gasteiger partial charge in [-0.05, 0) is 154 Å². The van der Waals surface area contributed by atoms with Crippen molar-refractivity contribution in [2.45, 2.75) is 297 Å². The number of hydrogen-bond acceptors (Lipinski definition) is 8. The molecule has 0 aliphatic rings. The molecule has 0 aliphatic carbocycles. The normalized spacial score (nSPS) is 12.4. The summed E-state index contributed by atoms with van der Waals surface area (Å²) in [7, 11) is 0. The van der Waals surface area contributed by atoms with Gasteiger partial charge in [0, 0.05) is 39.5 Å². The van der Waals surface area contributed by atoms with Crippen LogP contribution in [0.3, 0.4) is 0 Å². The van der Waals surface area contributed by atoms with Crippen molar-refractivity contribution < 1.29 is 33.2 Å². The van der Waals surface area contributed by atoms with Crippen LogP contribution >= 0.6 is 0 Å². The number of rotatable bonds is 64. The Labute approximate surface area is 471 Å². The van der Waals surface area contributed by atoms with Crippen LogP contribution in [0.4, 0.5) is 0 Å². The molecular formula is C68H125NO7. The Morgan fingerprint density at radius 2 is 0.645 bits per heavy atom. The van der Waals surface area contributed by atoms with E-state index in [1.807, 2.05) is 0 Å². The third kappa shape index (κ3) is 66.0. The molecule has 0 aliphatic heterocycles. The first-order chi connectivity index (χ1) is 37.7. The molecule has 0 aromatic carbocycles. The molecule has 8 nitrogen and oxygen atoms in total. The van der Waals surface area contributed by atoms with Crippen LogP contribution in [-0.4, -0.2) is 72.0 Å². The Balaban J connectivity index is 4.18. The molecular weight excluding hydrogens is 943 g/mol. The first kappa shape index (κ1) is 73.7. The van der Waals surface area contributed by atoms with Crippen molar-refractivity contribution in [2.24, 2.45) is 0 Å². The molecule has 0 rings (SSSR count). The minimum atomic E-state index is -0.149. The molecule has 0 saturated heterocycles. The average molecular weight is 1070 g/mol. The van der Waals surface area contributed by atoms with E-state index in [-0.39, 0.29) is 12.1 Å². The van der Waals surface area contributed by atoms with Gasteiger partial charge in [0.2, 0.25) is 0 Å². The Hall–Kier alpha value is -2.33. The summed E-state index contributed by atoms with van der Waals surface area (Å²) in [4.78, 5) is 12.9. The molecule has 1 N–H and O–H groups in total. The minimum absolute atomic E-state index is 0.135. The van der Waals surface area contributed by atoms with Crippen LogP contribution in [0.25, 0.3) is 0 Å². The quantitative estimate of drug-likeness (QED) is 0.0279. The second kappa shape index (κ2) is 68.8. The predicted octanol–water partition coefficient (Wildman–Crippen LogP) is 20.2. The predicted molar refractivity (Wildman–Crippen MR) is 328 cm³/mol. The first-order valence-electron chi connectivity index (χ1n) is 32.4. The summed E-state index contributed by atoms with van der Waals surface area (Å²) in [6.07, 6.45) is 76.8. The van der Waals surface area contributed by atoms with E-state index in [4.69, 9.17) is 28.4 Å². The Kier molecular flexibility index (Phi) is 66.7. The van der Waals surface area contributed by atoms with Gasteiger partial charge in [0.15, 0.2) is 0 Å². The van der Waals surface area contributed by atoms with Crippen molar-refractivity contribution in [2.75, 3.05) is 59.9 Å².